The standard InChI is InChI=1S/C22H27NO6S.C12H17NO2S.C10H11ClO4/c1-6-29-22(25)18-14-9-7-8-10-17(14)30-21(18)23(2)20(24)13-11-15(26-3)19(28-5)16(12-13)27-4;1-3-15-12(14)10-8-6-4-5-7-9(8)16-11(10)13-2;1-13-7-4-6(10(11)12)5-8(14-2)9(7)15-3/h11-12H,6-10H2,1-5H3;13H,3-7H2,1-2H3;4-5H,1-3H3. The second-order valence-corrected chi connectivity index (χ2v) is 16.0. The lowest BCUT2D eigenvalue weighted by atomic mass is 9.95. The van der Waals surface area contributed by atoms with Gasteiger partial charge in [-0.1, -0.05) is 0 Å². The number of aryl methyl sites for hydroxylation is 2. The first-order valence-corrected chi connectivity index (χ1v) is 21.8. The van der Waals surface area contributed by atoms with E-state index in [1.165, 1.54) is 94.3 Å². The summed E-state index contributed by atoms with van der Waals surface area (Å²) in [6, 6.07) is 6.21. The molecular weight excluding hydrogens is 848 g/mol. The highest BCUT2D eigenvalue weighted by molar-refractivity contribution is 7.17. The quantitative estimate of drug-likeness (QED) is 0.0945. The van der Waals surface area contributed by atoms with Gasteiger partial charge in [-0.2, -0.15) is 0 Å². The van der Waals surface area contributed by atoms with E-state index in [4.69, 9.17) is 49.5 Å². The zero-order chi connectivity index (χ0) is 44.8. The molecule has 0 unspecified atom stereocenters. The van der Waals surface area contributed by atoms with Crippen molar-refractivity contribution in [3.63, 3.8) is 0 Å². The summed E-state index contributed by atoms with van der Waals surface area (Å²) < 4.78 is 41.7. The van der Waals surface area contributed by atoms with Crippen molar-refractivity contribution in [3.8, 4) is 34.5 Å². The SMILES string of the molecule is CCOC(=O)c1c(N(C)C(=O)c2cc(OC)c(OC)c(OC)c2)sc2c1CCCC2.CCOC(=O)c1c(NC)sc2c1CCCC2.COc1cc(C(=O)Cl)cc(OC)c1OC. The molecule has 0 saturated carbocycles. The Morgan fingerprint density at radius 3 is 1.44 bits per heavy atom. The molecule has 0 spiro atoms. The Hall–Kier alpha value is -5.19. The topological polar surface area (TPSA) is 157 Å². The van der Waals surface area contributed by atoms with Crippen molar-refractivity contribution in [2.24, 2.45) is 0 Å². The van der Waals surface area contributed by atoms with Crippen LogP contribution < -0.4 is 38.6 Å². The maximum absolute atomic E-state index is 13.4. The number of methoxy groups -OCH3 is 6. The van der Waals surface area contributed by atoms with Crippen molar-refractivity contribution in [2.45, 2.75) is 65.2 Å². The lowest BCUT2D eigenvalue weighted by Gasteiger charge is -2.19. The summed E-state index contributed by atoms with van der Waals surface area (Å²) in [4.78, 5) is 53.0. The number of carbonyl (C=O) groups excluding carboxylic acids is 4. The van der Waals surface area contributed by atoms with Crippen LogP contribution in [0.3, 0.4) is 0 Å². The Morgan fingerprint density at radius 2 is 1.03 bits per heavy atom. The van der Waals surface area contributed by atoms with Crippen LogP contribution in [0.15, 0.2) is 24.3 Å². The molecule has 2 aromatic carbocycles. The molecule has 0 radical (unpaired) electrons. The fourth-order valence-corrected chi connectivity index (χ4v) is 9.72. The Bertz CT molecular complexity index is 2130. The van der Waals surface area contributed by atoms with Gasteiger partial charge in [0, 0.05) is 35.0 Å². The molecule has 1 amide bonds. The minimum absolute atomic E-state index is 0.175. The maximum Gasteiger partial charge on any atom is 0.341 e. The van der Waals surface area contributed by atoms with Gasteiger partial charge < -0.3 is 48.1 Å². The predicted octanol–water partition coefficient (Wildman–Crippen LogP) is 9.04. The minimum Gasteiger partial charge on any atom is -0.493 e. The van der Waals surface area contributed by atoms with Gasteiger partial charge in [-0.3, -0.25) is 9.59 Å². The number of anilines is 2. The van der Waals surface area contributed by atoms with Gasteiger partial charge in [-0.25, -0.2) is 9.59 Å². The van der Waals surface area contributed by atoms with Gasteiger partial charge in [0.15, 0.2) is 23.0 Å². The first-order chi connectivity index (χ1) is 29.4. The molecule has 0 aliphatic heterocycles. The highest BCUT2D eigenvalue weighted by Crippen LogP contribution is 2.43. The molecule has 1 N–H and O–H groups in total. The van der Waals surface area contributed by atoms with E-state index in [1.807, 2.05) is 14.0 Å². The van der Waals surface area contributed by atoms with E-state index >= 15 is 0 Å². The third kappa shape index (κ3) is 11.2. The van der Waals surface area contributed by atoms with E-state index < -0.39 is 5.24 Å². The number of nitrogens with one attached hydrogen (secondary N) is 1. The molecule has 332 valence electrons. The zero-order valence-electron chi connectivity index (χ0n) is 36.4. The average Bonchev–Trinajstić information content (AvgIpc) is 3.87. The molecule has 0 atom stereocenters. The first-order valence-electron chi connectivity index (χ1n) is 19.8. The summed E-state index contributed by atoms with van der Waals surface area (Å²) in [5, 5.41) is 4.11. The maximum atomic E-state index is 13.4. The Balaban J connectivity index is 0.000000222. The van der Waals surface area contributed by atoms with Crippen molar-refractivity contribution in [3.05, 3.63) is 67.4 Å². The van der Waals surface area contributed by atoms with Crippen molar-refractivity contribution in [2.75, 3.05) is 80.2 Å². The first kappa shape index (κ1) is 48.5. The highest BCUT2D eigenvalue weighted by atomic mass is 35.5. The van der Waals surface area contributed by atoms with Gasteiger partial charge in [0.05, 0.1) is 67.0 Å². The zero-order valence-corrected chi connectivity index (χ0v) is 38.8. The molecule has 14 nitrogen and oxygen atoms in total. The van der Waals surface area contributed by atoms with Crippen LogP contribution in [0.5, 0.6) is 34.5 Å². The van der Waals surface area contributed by atoms with E-state index in [9.17, 15) is 19.2 Å². The highest BCUT2D eigenvalue weighted by Gasteiger charge is 2.31. The summed E-state index contributed by atoms with van der Waals surface area (Å²) in [6.07, 6.45) is 8.39. The Kier molecular flexibility index (Phi) is 18.4. The monoisotopic (exact) mass is 902 g/mol. The van der Waals surface area contributed by atoms with Crippen LogP contribution >= 0.6 is 34.3 Å². The van der Waals surface area contributed by atoms with Crippen LogP contribution in [0, 0.1) is 0 Å². The number of esters is 2. The van der Waals surface area contributed by atoms with Crippen LogP contribution in [0.2, 0.25) is 0 Å². The van der Waals surface area contributed by atoms with Gasteiger partial charge in [-0.05, 0) is 112 Å². The molecule has 6 rings (SSSR count). The van der Waals surface area contributed by atoms with E-state index in [2.05, 4.69) is 5.32 Å². The average molecular weight is 904 g/mol. The van der Waals surface area contributed by atoms with Crippen LogP contribution in [0.4, 0.5) is 10.0 Å². The molecule has 61 heavy (non-hydrogen) atoms. The van der Waals surface area contributed by atoms with E-state index in [-0.39, 0.29) is 24.5 Å². The minimum atomic E-state index is -0.575. The lowest BCUT2D eigenvalue weighted by molar-refractivity contribution is 0.0516. The number of fused-ring (bicyclic) bond motifs is 2. The summed E-state index contributed by atoms with van der Waals surface area (Å²) >= 11 is 8.56. The largest absolute Gasteiger partial charge is 0.493 e. The molecule has 0 saturated heterocycles. The number of amides is 1. The number of hydrogen-bond acceptors (Lipinski definition) is 15. The third-order valence-corrected chi connectivity index (χ3v) is 12.8. The fraction of sp³-hybridized carbons (Fsp3) is 0.455. The van der Waals surface area contributed by atoms with Crippen molar-refractivity contribution in [1.29, 1.82) is 0 Å². The third-order valence-electron chi connectivity index (χ3n) is 9.92. The van der Waals surface area contributed by atoms with Crippen LogP contribution in [-0.2, 0) is 35.2 Å². The molecule has 0 fully saturated rings. The van der Waals surface area contributed by atoms with E-state index in [0.717, 1.165) is 59.5 Å². The van der Waals surface area contributed by atoms with Gasteiger partial charge in [-0.15, -0.1) is 22.7 Å². The Labute approximate surface area is 370 Å². The number of rotatable bonds is 14. The second kappa shape index (κ2) is 23.1. The summed E-state index contributed by atoms with van der Waals surface area (Å²) in [5.41, 5.74) is 4.20. The number of benzene rings is 2. The van der Waals surface area contributed by atoms with Crippen LogP contribution in [-0.4, -0.2) is 93.1 Å². The summed E-state index contributed by atoms with van der Waals surface area (Å²) in [7, 11) is 12.5. The van der Waals surface area contributed by atoms with Gasteiger partial charge in [0.25, 0.3) is 11.1 Å². The number of nitrogens with zero attached hydrogens (tertiary/aromatic N) is 1. The van der Waals surface area contributed by atoms with Crippen molar-refractivity contribution in [1.82, 2.24) is 0 Å². The molecule has 2 heterocycles. The molecule has 2 aliphatic carbocycles. The van der Waals surface area contributed by atoms with E-state index in [0.29, 0.717) is 62.8 Å². The van der Waals surface area contributed by atoms with Gasteiger partial charge in [0.1, 0.15) is 10.0 Å². The van der Waals surface area contributed by atoms with E-state index in [1.54, 1.807) is 37.4 Å². The predicted molar refractivity (Wildman–Crippen MR) is 238 cm³/mol. The molecule has 0 bridgehead atoms. The normalized spacial score (nSPS) is 12.4. The van der Waals surface area contributed by atoms with Gasteiger partial charge in [0.2, 0.25) is 11.5 Å². The molecular formula is C44H55ClN2O12S2. The summed E-state index contributed by atoms with van der Waals surface area (Å²) in [5.74, 6) is 1.61. The number of carbonyl (C=O) groups is 4. The van der Waals surface area contributed by atoms with Crippen LogP contribution in [0.25, 0.3) is 0 Å². The van der Waals surface area contributed by atoms with Crippen LogP contribution in [0.1, 0.15) is 102 Å². The Morgan fingerprint density at radius 1 is 0.623 bits per heavy atom. The molecule has 17 heteroatoms. The van der Waals surface area contributed by atoms with Crippen molar-refractivity contribution < 1.29 is 57.1 Å². The van der Waals surface area contributed by atoms with Gasteiger partial charge >= 0.3 is 11.9 Å². The number of hydrogen-bond donors (Lipinski definition) is 1. The number of ether oxygens (including phenoxy) is 8. The fourth-order valence-electron chi connectivity index (χ4n) is 7.05. The molecule has 4 aromatic rings. The second-order valence-electron chi connectivity index (χ2n) is 13.5. The number of thiophene rings is 2. The van der Waals surface area contributed by atoms with Crippen molar-refractivity contribution >= 4 is 67.4 Å². The molecule has 2 aliphatic rings. The smallest absolute Gasteiger partial charge is 0.341 e. The number of halogens is 1. The summed E-state index contributed by atoms with van der Waals surface area (Å²) in [6.45, 7) is 4.34. The lowest BCUT2D eigenvalue weighted by Crippen LogP contribution is -2.27. The molecule has 2 aromatic heterocycles.